The van der Waals surface area contributed by atoms with Crippen molar-refractivity contribution in [2.24, 2.45) is 0 Å². The standard InChI is InChI=1S/C21H22N2O4/c1-12-9-13(2)18(14(3)10-12)23-20(25)16-6-5-15(11-17(16)21(23)26)19(24)22-7-8-27-4/h5-6,9-11H,7-8H2,1-4H3,(H,22,24). The van der Waals surface area contributed by atoms with E-state index in [9.17, 15) is 14.4 Å². The lowest BCUT2D eigenvalue weighted by molar-refractivity contribution is 0.0921. The van der Waals surface area contributed by atoms with Crippen LogP contribution in [0.25, 0.3) is 0 Å². The third-order valence-electron chi connectivity index (χ3n) is 4.60. The summed E-state index contributed by atoms with van der Waals surface area (Å²) in [5, 5.41) is 2.71. The molecule has 0 radical (unpaired) electrons. The monoisotopic (exact) mass is 366 g/mol. The lowest BCUT2D eigenvalue weighted by Gasteiger charge is -2.20. The minimum Gasteiger partial charge on any atom is -0.383 e. The molecule has 2 aromatic carbocycles. The van der Waals surface area contributed by atoms with Gasteiger partial charge >= 0.3 is 0 Å². The van der Waals surface area contributed by atoms with Crippen molar-refractivity contribution in [1.82, 2.24) is 5.32 Å². The number of amides is 3. The van der Waals surface area contributed by atoms with Gasteiger partial charge in [-0.1, -0.05) is 17.7 Å². The van der Waals surface area contributed by atoms with Crippen LogP contribution < -0.4 is 10.2 Å². The van der Waals surface area contributed by atoms with Gasteiger partial charge in [-0.05, 0) is 50.1 Å². The number of methoxy groups -OCH3 is 1. The molecule has 6 heteroatoms. The molecule has 0 saturated carbocycles. The highest BCUT2D eigenvalue weighted by Gasteiger charge is 2.38. The number of imide groups is 1. The minimum absolute atomic E-state index is 0.249. The zero-order valence-corrected chi connectivity index (χ0v) is 15.9. The van der Waals surface area contributed by atoms with E-state index in [1.54, 1.807) is 19.2 Å². The molecule has 0 spiro atoms. The Kier molecular flexibility index (Phi) is 5.10. The van der Waals surface area contributed by atoms with Gasteiger partial charge < -0.3 is 10.1 Å². The highest BCUT2D eigenvalue weighted by Crippen LogP contribution is 2.34. The van der Waals surface area contributed by atoms with Gasteiger partial charge in [0.05, 0.1) is 23.4 Å². The van der Waals surface area contributed by atoms with E-state index in [-0.39, 0.29) is 17.4 Å². The third kappa shape index (κ3) is 3.36. The Labute approximate surface area is 158 Å². The smallest absolute Gasteiger partial charge is 0.266 e. The molecule has 1 aliphatic rings. The van der Waals surface area contributed by atoms with Crippen LogP contribution in [0.1, 0.15) is 47.8 Å². The first-order valence-corrected chi connectivity index (χ1v) is 8.73. The van der Waals surface area contributed by atoms with Gasteiger partial charge in [0.1, 0.15) is 0 Å². The van der Waals surface area contributed by atoms with Gasteiger partial charge in [0.2, 0.25) is 0 Å². The average Bonchev–Trinajstić information content (AvgIpc) is 2.86. The quantitative estimate of drug-likeness (QED) is 0.652. The lowest BCUT2D eigenvalue weighted by atomic mass is 10.0. The molecular formula is C21H22N2O4. The molecule has 1 N–H and O–H groups in total. The molecule has 0 atom stereocenters. The molecular weight excluding hydrogens is 344 g/mol. The van der Waals surface area contributed by atoms with Gasteiger partial charge in [-0.3, -0.25) is 14.4 Å². The summed E-state index contributed by atoms with van der Waals surface area (Å²) < 4.78 is 4.91. The van der Waals surface area contributed by atoms with Gasteiger partial charge in [-0.2, -0.15) is 0 Å². The number of nitrogens with one attached hydrogen (secondary N) is 1. The fourth-order valence-corrected chi connectivity index (χ4v) is 3.48. The predicted octanol–water partition coefficient (Wildman–Crippen LogP) is 2.79. The molecule has 0 unspecified atom stereocenters. The van der Waals surface area contributed by atoms with Crippen LogP contribution in [-0.4, -0.2) is 38.0 Å². The van der Waals surface area contributed by atoms with E-state index in [1.807, 2.05) is 32.9 Å². The number of carbonyl (C=O) groups is 3. The van der Waals surface area contributed by atoms with E-state index in [4.69, 9.17) is 4.74 Å². The zero-order chi connectivity index (χ0) is 19.7. The summed E-state index contributed by atoms with van der Waals surface area (Å²) in [6.45, 7) is 6.50. The normalized spacial score (nSPS) is 13.1. The number of rotatable bonds is 5. The van der Waals surface area contributed by atoms with E-state index in [0.717, 1.165) is 16.7 Å². The molecule has 0 bridgehead atoms. The number of nitrogens with zero attached hydrogens (tertiary/aromatic N) is 1. The van der Waals surface area contributed by atoms with Crippen molar-refractivity contribution in [1.29, 1.82) is 0 Å². The Morgan fingerprint density at radius 1 is 1.00 bits per heavy atom. The molecule has 3 rings (SSSR count). The van der Waals surface area contributed by atoms with E-state index in [1.165, 1.54) is 11.0 Å². The Balaban J connectivity index is 1.96. The summed E-state index contributed by atoms with van der Waals surface area (Å²) in [6, 6.07) is 8.47. The SMILES string of the molecule is COCCNC(=O)c1ccc2c(c1)C(=O)N(c1c(C)cc(C)cc1C)C2=O. The second-order valence-electron chi connectivity index (χ2n) is 6.70. The first kappa shape index (κ1) is 18.8. The molecule has 2 aromatic rings. The van der Waals surface area contributed by atoms with Gasteiger partial charge in [0, 0.05) is 19.2 Å². The van der Waals surface area contributed by atoms with Crippen LogP contribution in [0.2, 0.25) is 0 Å². The maximum Gasteiger partial charge on any atom is 0.266 e. The lowest BCUT2D eigenvalue weighted by Crippen LogP contribution is -2.30. The van der Waals surface area contributed by atoms with Crippen molar-refractivity contribution in [3.63, 3.8) is 0 Å². The number of benzene rings is 2. The highest BCUT2D eigenvalue weighted by molar-refractivity contribution is 6.35. The van der Waals surface area contributed by atoms with Crippen LogP contribution >= 0.6 is 0 Å². The fraction of sp³-hybridized carbons (Fsp3) is 0.286. The van der Waals surface area contributed by atoms with E-state index in [0.29, 0.717) is 30.0 Å². The molecule has 1 heterocycles. The van der Waals surface area contributed by atoms with Crippen molar-refractivity contribution in [3.8, 4) is 0 Å². The van der Waals surface area contributed by atoms with E-state index >= 15 is 0 Å². The van der Waals surface area contributed by atoms with Crippen LogP contribution in [-0.2, 0) is 4.74 Å². The summed E-state index contributed by atoms with van der Waals surface area (Å²) in [7, 11) is 1.55. The number of hydrogen-bond donors (Lipinski definition) is 1. The first-order chi connectivity index (χ1) is 12.8. The van der Waals surface area contributed by atoms with Crippen LogP contribution in [0.3, 0.4) is 0 Å². The van der Waals surface area contributed by atoms with Crippen molar-refractivity contribution in [3.05, 3.63) is 63.7 Å². The number of carbonyl (C=O) groups excluding carboxylic acids is 3. The van der Waals surface area contributed by atoms with Gasteiger partial charge in [-0.15, -0.1) is 0 Å². The first-order valence-electron chi connectivity index (χ1n) is 8.73. The predicted molar refractivity (Wildman–Crippen MR) is 102 cm³/mol. The van der Waals surface area contributed by atoms with Crippen LogP contribution in [0.4, 0.5) is 5.69 Å². The Bertz CT molecular complexity index is 926. The van der Waals surface area contributed by atoms with Crippen LogP contribution in [0.15, 0.2) is 30.3 Å². The third-order valence-corrected chi connectivity index (χ3v) is 4.60. The summed E-state index contributed by atoms with van der Waals surface area (Å²) in [6.07, 6.45) is 0. The maximum atomic E-state index is 13.0. The Morgan fingerprint density at radius 3 is 2.26 bits per heavy atom. The molecule has 6 nitrogen and oxygen atoms in total. The van der Waals surface area contributed by atoms with E-state index < -0.39 is 5.91 Å². The van der Waals surface area contributed by atoms with Crippen molar-refractivity contribution >= 4 is 23.4 Å². The summed E-state index contributed by atoms with van der Waals surface area (Å²) in [5.74, 6) is -1.08. The molecule has 0 fully saturated rings. The number of hydrogen-bond acceptors (Lipinski definition) is 4. The Hall–Kier alpha value is -2.99. The molecule has 140 valence electrons. The maximum absolute atomic E-state index is 13.0. The second-order valence-corrected chi connectivity index (χ2v) is 6.70. The highest BCUT2D eigenvalue weighted by atomic mass is 16.5. The molecule has 27 heavy (non-hydrogen) atoms. The summed E-state index contributed by atoms with van der Waals surface area (Å²) in [5.41, 5.74) is 4.30. The average molecular weight is 366 g/mol. The van der Waals surface area contributed by atoms with Crippen LogP contribution in [0, 0.1) is 20.8 Å². The van der Waals surface area contributed by atoms with Crippen molar-refractivity contribution < 1.29 is 19.1 Å². The van der Waals surface area contributed by atoms with Crippen molar-refractivity contribution in [2.75, 3.05) is 25.2 Å². The molecule has 3 amide bonds. The molecule has 1 aliphatic heterocycles. The molecule has 0 aromatic heterocycles. The second kappa shape index (κ2) is 7.32. The number of aryl methyl sites for hydroxylation is 3. The van der Waals surface area contributed by atoms with Gasteiger partial charge in [0.25, 0.3) is 17.7 Å². The van der Waals surface area contributed by atoms with Gasteiger partial charge in [0.15, 0.2) is 0 Å². The van der Waals surface area contributed by atoms with Crippen molar-refractivity contribution in [2.45, 2.75) is 20.8 Å². The van der Waals surface area contributed by atoms with Gasteiger partial charge in [-0.25, -0.2) is 4.90 Å². The molecule has 0 aliphatic carbocycles. The fourth-order valence-electron chi connectivity index (χ4n) is 3.48. The number of anilines is 1. The summed E-state index contributed by atoms with van der Waals surface area (Å²) >= 11 is 0. The topological polar surface area (TPSA) is 75.7 Å². The zero-order valence-electron chi connectivity index (χ0n) is 15.9. The van der Waals surface area contributed by atoms with Crippen LogP contribution in [0.5, 0.6) is 0 Å². The summed E-state index contributed by atoms with van der Waals surface area (Å²) in [4.78, 5) is 39.3. The largest absolute Gasteiger partial charge is 0.383 e. The minimum atomic E-state index is -0.406. The Morgan fingerprint density at radius 2 is 1.63 bits per heavy atom. The number of ether oxygens (including phenoxy) is 1. The molecule has 0 saturated heterocycles. The number of fused-ring (bicyclic) bond motifs is 1. The van der Waals surface area contributed by atoms with E-state index in [2.05, 4.69) is 5.32 Å².